The number of hydrogen-bond acceptors (Lipinski definition) is 4. The third-order valence-corrected chi connectivity index (χ3v) is 5.28. The average molecular weight is 311 g/mol. The van der Waals surface area contributed by atoms with Crippen molar-refractivity contribution in [2.45, 2.75) is 39.2 Å². The predicted molar refractivity (Wildman–Crippen MR) is 88.9 cm³/mol. The highest BCUT2D eigenvalue weighted by Crippen LogP contribution is 2.25. The van der Waals surface area contributed by atoms with Gasteiger partial charge in [0, 0.05) is 26.2 Å². The minimum atomic E-state index is 0.0484. The third kappa shape index (κ3) is 4.21. The summed E-state index contributed by atoms with van der Waals surface area (Å²) in [6.07, 6.45) is 3.27. The van der Waals surface area contributed by atoms with Crippen LogP contribution in [-0.2, 0) is 9.53 Å². The highest BCUT2D eigenvalue weighted by molar-refractivity contribution is 5.82. The molecule has 2 rings (SSSR count). The van der Waals surface area contributed by atoms with E-state index in [0.717, 1.165) is 65.2 Å². The number of hydrogen-bond donors (Lipinski definition) is 1. The molecule has 1 N–H and O–H groups in total. The van der Waals surface area contributed by atoms with E-state index in [1.807, 2.05) is 7.05 Å². The molecule has 0 bridgehead atoms. The van der Waals surface area contributed by atoms with Gasteiger partial charge in [0.25, 0.3) is 0 Å². The molecule has 0 spiro atoms. The maximum atomic E-state index is 13.2. The van der Waals surface area contributed by atoms with E-state index in [2.05, 4.69) is 29.0 Å². The van der Waals surface area contributed by atoms with Gasteiger partial charge in [0.15, 0.2) is 0 Å². The Morgan fingerprint density at radius 3 is 2.50 bits per heavy atom. The molecular formula is C17H33N3O2. The Balaban J connectivity index is 2.05. The van der Waals surface area contributed by atoms with Crippen molar-refractivity contribution in [3.05, 3.63) is 0 Å². The summed E-state index contributed by atoms with van der Waals surface area (Å²) in [4.78, 5) is 17.7. The Bertz CT molecular complexity index is 341. The van der Waals surface area contributed by atoms with Gasteiger partial charge in [-0.1, -0.05) is 26.7 Å². The molecule has 2 unspecified atom stereocenters. The van der Waals surface area contributed by atoms with Gasteiger partial charge in [-0.3, -0.25) is 9.69 Å². The molecule has 128 valence electrons. The average Bonchev–Trinajstić information content (AvgIpc) is 3.02. The van der Waals surface area contributed by atoms with E-state index in [0.29, 0.717) is 17.7 Å². The van der Waals surface area contributed by atoms with Crippen molar-refractivity contribution >= 4 is 5.91 Å². The van der Waals surface area contributed by atoms with Crippen LogP contribution in [0.15, 0.2) is 0 Å². The molecule has 2 atom stereocenters. The van der Waals surface area contributed by atoms with E-state index < -0.39 is 0 Å². The molecule has 5 heteroatoms. The maximum Gasteiger partial charge on any atom is 0.240 e. The Kier molecular flexibility index (Phi) is 7.12. The lowest BCUT2D eigenvalue weighted by Crippen LogP contribution is -2.55. The number of likely N-dealkylation sites (tertiary alicyclic amines) is 1. The fourth-order valence-electron chi connectivity index (χ4n) is 3.92. The topological polar surface area (TPSA) is 44.8 Å². The molecule has 2 aliphatic heterocycles. The lowest BCUT2D eigenvalue weighted by atomic mass is 9.91. The van der Waals surface area contributed by atoms with Crippen LogP contribution in [0, 0.1) is 11.8 Å². The highest BCUT2D eigenvalue weighted by atomic mass is 16.5. The molecule has 1 amide bonds. The zero-order chi connectivity index (χ0) is 15.9. The van der Waals surface area contributed by atoms with Gasteiger partial charge in [-0.05, 0) is 31.8 Å². The van der Waals surface area contributed by atoms with Crippen LogP contribution in [0.25, 0.3) is 0 Å². The monoisotopic (exact) mass is 311 g/mol. The molecule has 0 aromatic heterocycles. The van der Waals surface area contributed by atoms with Gasteiger partial charge in [0.2, 0.25) is 5.91 Å². The number of rotatable bonds is 7. The van der Waals surface area contributed by atoms with Gasteiger partial charge >= 0.3 is 0 Å². The summed E-state index contributed by atoms with van der Waals surface area (Å²) in [6.45, 7) is 10.6. The van der Waals surface area contributed by atoms with Crippen molar-refractivity contribution in [1.29, 1.82) is 0 Å². The number of nitrogens with one attached hydrogen (secondary N) is 1. The second-order valence-electron chi connectivity index (χ2n) is 6.67. The molecule has 0 aromatic carbocycles. The van der Waals surface area contributed by atoms with Crippen LogP contribution in [0.1, 0.15) is 33.1 Å². The Labute approximate surface area is 135 Å². The first-order chi connectivity index (χ1) is 10.7. The SMILES string of the molecule is CCC(CC)C(C(=O)N1CCC(CNC)C1)N1CCOCC1. The van der Waals surface area contributed by atoms with E-state index in [1.165, 1.54) is 0 Å². The van der Waals surface area contributed by atoms with Crippen LogP contribution in [0.4, 0.5) is 0 Å². The van der Waals surface area contributed by atoms with Crippen LogP contribution >= 0.6 is 0 Å². The van der Waals surface area contributed by atoms with E-state index in [-0.39, 0.29) is 6.04 Å². The molecule has 2 aliphatic rings. The van der Waals surface area contributed by atoms with Crippen LogP contribution < -0.4 is 5.32 Å². The van der Waals surface area contributed by atoms with Crippen molar-refractivity contribution in [2.75, 3.05) is 53.0 Å². The Hall–Kier alpha value is -0.650. The third-order valence-electron chi connectivity index (χ3n) is 5.28. The van der Waals surface area contributed by atoms with Crippen LogP contribution in [0.3, 0.4) is 0 Å². The molecule has 2 saturated heterocycles. The van der Waals surface area contributed by atoms with Gasteiger partial charge in [0.05, 0.1) is 19.3 Å². The number of ether oxygens (including phenoxy) is 1. The fraction of sp³-hybridized carbons (Fsp3) is 0.941. The standard InChI is InChI=1S/C17H33N3O2/c1-4-15(5-2)16(19-8-10-22-11-9-19)17(21)20-7-6-14(13-20)12-18-3/h14-16,18H,4-13H2,1-3H3. The number of carbonyl (C=O) groups excluding carboxylic acids is 1. The minimum absolute atomic E-state index is 0.0484. The summed E-state index contributed by atoms with van der Waals surface area (Å²) in [6, 6.07) is 0.0484. The normalized spacial score (nSPS) is 24.9. The summed E-state index contributed by atoms with van der Waals surface area (Å²) in [5.74, 6) is 1.42. The zero-order valence-corrected chi connectivity index (χ0v) is 14.5. The maximum absolute atomic E-state index is 13.2. The quantitative estimate of drug-likeness (QED) is 0.767. The second kappa shape index (κ2) is 8.85. The number of nitrogens with zero attached hydrogens (tertiary/aromatic N) is 2. The Morgan fingerprint density at radius 2 is 1.91 bits per heavy atom. The zero-order valence-electron chi connectivity index (χ0n) is 14.5. The van der Waals surface area contributed by atoms with Gasteiger partial charge in [-0.15, -0.1) is 0 Å². The van der Waals surface area contributed by atoms with Crippen molar-refractivity contribution in [1.82, 2.24) is 15.1 Å². The van der Waals surface area contributed by atoms with Crippen molar-refractivity contribution in [3.63, 3.8) is 0 Å². The summed E-state index contributed by atoms with van der Waals surface area (Å²) in [5, 5.41) is 3.24. The largest absolute Gasteiger partial charge is 0.379 e. The van der Waals surface area contributed by atoms with E-state index in [4.69, 9.17) is 4.74 Å². The molecule has 0 aromatic rings. The first-order valence-corrected chi connectivity index (χ1v) is 8.96. The van der Waals surface area contributed by atoms with Gasteiger partial charge in [-0.25, -0.2) is 0 Å². The van der Waals surface area contributed by atoms with E-state index >= 15 is 0 Å². The summed E-state index contributed by atoms with van der Waals surface area (Å²) in [7, 11) is 1.99. The number of morpholine rings is 1. The van der Waals surface area contributed by atoms with Crippen molar-refractivity contribution in [2.24, 2.45) is 11.8 Å². The lowest BCUT2D eigenvalue weighted by Gasteiger charge is -2.39. The van der Waals surface area contributed by atoms with Crippen LogP contribution in [-0.4, -0.2) is 74.7 Å². The number of carbonyl (C=O) groups is 1. The molecule has 0 saturated carbocycles. The van der Waals surface area contributed by atoms with E-state index in [9.17, 15) is 4.79 Å². The fourth-order valence-corrected chi connectivity index (χ4v) is 3.92. The molecule has 2 heterocycles. The molecule has 2 fully saturated rings. The smallest absolute Gasteiger partial charge is 0.240 e. The van der Waals surface area contributed by atoms with Gasteiger partial charge < -0.3 is 15.0 Å². The molecule has 0 radical (unpaired) electrons. The van der Waals surface area contributed by atoms with E-state index in [1.54, 1.807) is 0 Å². The second-order valence-corrected chi connectivity index (χ2v) is 6.67. The summed E-state index contributed by atoms with van der Waals surface area (Å²) >= 11 is 0. The molecule has 22 heavy (non-hydrogen) atoms. The predicted octanol–water partition coefficient (Wildman–Crippen LogP) is 1.19. The lowest BCUT2D eigenvalue weighted by molar-refractivity contribution is -0.140. The van der Waals surface area contributed by atoms with Crippen molar-refractivity contribution < 1.29 is 9.53 Å². The molecule has 0 aliphatic carbocycles. The van der Waals surface area contributed by atoms with Crippen LogP contribution in [0.2, 0.25) is 0 Å². The van der Waals surface area contributed by atoms with Crippen LogP contribution in [0.5, 0.6) is 0 Å². The number of amides is 1. The molecule has 5 nitrogen and oxygen atoms in total. The summed E-state index contributed by atoms with van der Waals surface area (Å²) in [5.41, 5.74) is 0. The van der Waals surface area contributed by atoms with Gasteiger partial charge in [-0.2, -0.15) is 0 Å². The first-order valence-electron chi connectivity index (χ1n) is 8.96. The van der Waals surface area contributed by atoms with Crippen molar-refractivity contribution in [3.8, 4) is 0 Å². The first kappa shape index (κ1) is 17.7. The summed E-state index contributed by atoms with van der Waals surface area (Å²) < 4.78 is 5.48. The van der Waals surface area contributed by atoms with Gasteiger partial charge in [0.1, 0.15) is 0 Å². The minimum Gasteiger partial charge on any atom is -0.379 e. The Morgan fingerprint density at radius 1 is 1.23 bits per heavy atom. The molecular weight excluding hydrogens is 278 g/mol. The highest BCUT2D eigenvalue weighted by Gasteiger charge is 2.37.